The van der Waals surface area contributed by atoms with Gasteiger partial charge in [-0.05, 0) is 18.2 Å². The number of carbonyl (C=O) groups is 1. The Bertz CT molecular complexity index is 580. The summed E-state index contributed by atoms with van der Waals surface area (Å²) in [6.45, 7) is 0. The molecule has 0 saturated carbocycles. The van der Waals surface area contributed by atoms with Crippen molar-refractivity contribution in [2.75, 3.05) is 30.0 Å². The van der Waals surface area contributed by atoms with Crippen molar-refractivity contribution < 1.29 is 4.79 Å². The maximum atomic E-state index is 12.0. The second-order valence-corrected chi connectivity index (χ2v) is 4.22. The lowest BCUT2D eigenvalue weighted by Crippen LogP contribution is -2.17. The average Bonchev–Trinajstić information content (AvgIpc) is 2.39. The Balaban J connectivity index is 2.22. The first-order valence-corrected chi connectivity index (χ1v) is 5.72. The summed E-state index contributed by atoms with van der Waals surface area (Å²) in [6, 6.07) is 5.04. The summed E-state index contributed by atoms with van der Waals surface area (Å²) in [7, 11) is 3.79. The van der Waals surface area contributed by atoms with E-state index in [0.717, 1.165) is 5.69 Å². The Morgan fingerprint density at radius 2 is 2.05 bits per heavy atom. The van der Waals surface area contributed by atoms with Gasteiger partial charge in [-0.2, -0.15) is 0 Å². The molecule has 0 spiro atoms. The molecule has 0 bridgehead atoms. The highest BCUT2D eigenvalue weighted by Crippen LogP contribution is 2.22. The van der Waals surface area contributed by atoms with Crippen LogP contribution in [0.15, 0.2) is 36.8 Å². The number of nitrogens with one attached hydrogen (secondary N) is 1. The molecule has 2 rings (SSSR count). The van der Waals surface area contributed by atoms with Crippen LogP contribution in [0.3, 0.4) is 0 Å². The fourth-order valence-electron chi connectivity index (χ4n) is 1.60. The molecule has 0 saturated heterocycles. The minimum atomic E-state index is -0.295. The van der Waals surface area contributed by atoms with Crippen molar-refractivity contribution in [1.29, 1.82) is 0 Å². The quantitative estimate of drug-likeness (QED) is 0.867. The third-order valence-corrected chi connectivity index (χ3v) is 2.55. The van der Waals surface area contributed by atoms with E-state index in [2.05, 4.69) is 15.3 Å². The molecule has 0 radical (unpaired) electrons. The van der Waals surface area contributed by atoms with Gasteiger partial charge in [-0.25, -0.2) is 4.98 Å². The Morgan fingerprint density at radius 1 is 1.26 bits per heavy atom. The molecule has 0 aliphatic rings. The normalized spacial score (nSPS) is 10.0. The molecule has 19 heavy (non-hydrogen) atoms. The van der Waals surface area contributed by atoms with E-state index in [1.807, 2.05) is 25.1 Å². The first-order valence-electron chi connectivity index (χ1n) is 5.72. The van der Waals surface area contributed by atoms with Crippen molar-refractivity contribution in [3.8, 4) is 0 Å². The lowest BCUT2D eigenvalue weighted by Gasteiger charge is -2.17. The number of carbonyl (C=O) groups excluding carboxylic acids is 1. The van der Waals surface area contributed by atoms with Gasteiger partial charge in [0.25, 0.3) is 5.91 Å². The minimum Gasteiger partial charge on any atom is -0.397 e. The van der Waals surface area contributed by atoms with Crippen molar-refractivity contribution in [3.63, 3.8) is 0 Å². The number of pyridine rings is 2. The van der Waals surface area contributed by atoms with E-state index in [1.54, 1.807) is 24.5 Å². The summed E-state index contributed by atoms with van der Waals surface area (Å²) in [5, 5.41) is 2.78. The molecule has 3 N–H and O–H groups in total. The number of hydrogen-bond acceptors (Lipinski definition) is 5. The molecule has 0 atom stereocenters. The van der Waals surface area contributed by atoms with Gasteiger partial charge in [0.05, 0.1) is 29.5 Å². The van der Waals surface area contributed by atoms with Crippen LogP contribution in [0.5, 0.6) is 0 Å². The van der Waals surface area contributed by atoms with Gasteiger partial charge in [0, 0.05) is 20.3 Å². The zero-order valence-electron chi connectivity index (χ0n) is 10.8. The molecule has 0 aliphatic heterocycles. The first-order chi connectivity index (χ1) is 9.08. The van der Waals surface area contributed by atoms with Gasteiger partial charge in [-0.1, -0.05) is 0 Å². The molecule has 6 heteroatoms. The second kappa shape index (κ2) is 5.34. The lowest BCUT2D eigenvalue weighted by atomic mass is 10.3. The highest BCUT2D eigenvalue weighted by atomic mass is 16.1. The molecule has 6 nitrogen and oxygen atoms in total. The Labute approximate surface area is 111 Å². The van der Waals surface area contributed by atoms with Gasteiger partial charge in [0.1, 0.15) is 5.69 Å². The van der Waals surface area contributed by atoms with Crippen LogP contribution in [0.1, 0.15) is 10.5 Å². The highest BCUT2D eigenvalue weighted by Gasteiger charge is 2.11. The van der Waals surface area contributed by atoms with Crippen LogP contribution in [0, 0.1) is 0 Å². The minimum absolute atomic E-state index is 0.295. The highest BCUT2D eigenvalue weighted by molar-refractivity contribution is 6.04. The number of rotatable bonds is 3. The van der Waals surface area contributed by atoms with Crippen LogP contribution in [-0.4, -0.2) is 30.0 Å². The molecule has 0 fully saturated rings. The van der Waals surface area contributed by atoms with E-state index in [9.17, 15) is 4.79 Å². The summed E-state index contributed by atoms with van der Waals surface area (Å²) in [5.74, 6) is -0.295. The van der Waals surface area contributed by atoms with Gasteiger partial charge in [-0.3, -0.25) is 9.78 Å². The molecule has 2 heterocycles. The number of anilines is 3. The molecular formula is C13H15N5O. The summed E-state index contributed by atoms with van der Waals surface area (Å²) in [5.41, 5.74) is 7.87. The van der Waals surface area contributed by atoms with Gasteiger partial charge < -0.3 is 16.0 Å². The third kappa shape index (κ3) is 2.98. The maximum absolute atomic E-state index is 12.0. The predicted octanol–water partition coefficient (Wildman–Crippen LogP) is 1.38. The summed E-state index contributed by atoms with van der Waals surface area (Å²) >= 11 is 0. The number of hydrogen-bond donors (Lipinski definition) is 2. The smallest absolute Gasteiger partial charge is 0.274 e. The van der Waals surface area contributed by atoms with Gasteiger partial charge in [0.2, 0.25) is 0 Å². The van der Waals surface area contributed by atoms with E-state index in [1.165, 1.54) is 6.20 Å². The lowest BCUT2D eigenvalue weighted by molar-refractivity contribution is 0.102. The molecule has 1 amide bonds. The molecule has 0 aliphatic carbocycles. The molecule has 2 aromatic rings. The molecule has 98 valence electrons. The van der Waals surface area contributed by atoms with Crippen LogP contribution in [0.25, 0.3) is 0 Å². The predicted molar refractivity (Wildman–Crippen MR) is 75.2 cm³/mol. The van der Waals surface area contributed by atoms with Crippen molar-refractivity contribution in [1.82, 2.24) is 9.97 Å². The monoisotopic (exact) mass is 257 g/mol. The van der Waals surface area contributed by atoms with E-state index in [0.29, 0.717) is 17.1 Å². The topological polar surface area (TPSA) is 84.1 Å². The fraction of sp³-hybridized carbons (Fsp3) is 0.154. The van der Waals surface area contributed by atoms with E-state index in [-0.39, 0.29) is 5.91 Å². The largest absolute Gasteiger partial charge is 0.397 e. The van der Waals surface area contributed by atoms with Crippen LogP contribution < -0.4 is 16.0 Å². The number of aromatic nitrogens is 2. The van der Waals surface area contributed by atoms with Crippen molar-refractivity contribution in [2.24, 2.45) is 0 Å². The second-order valence-electron chi connectivity index (χ2n) is 4.22. The summed E-state index contributed by atoms with van der Waals surface area (Å²) in [4.78, 5) is 21.9. The molecular weight excluding hydrogens is 242 g/mol. The molecule has 0 unspecified atom stereocenters. The van der Waals surface area contributed by atoms with Gasteiger partial charge in [0.15, 0.2) is 0 Å². The zero-order valence-corrected chi connectivity index (χ0v) is 10.8. The maximum Gasteiger partial charge on any atom is 0.274 e. The Hall–Kier alpha value is -2.63. The number of nitrogens with zero attached hydrogens (tertiary/aromatic N) is 3. The summed E-state index contributed by atoms with van der Waals surface area (Å²) < 4.78 is 0. The van der Waals surface area contributed by atoms with Crippen LogP contribution in [0.2, 0.25) is 0 Å². The van der Waals surface area contributed by atoms with Crippen molar-refractivity contribution in [2.45, 2.75) is 0 Å². The van der Waals surface area contributed by atoms with Gasteiger partial charge in [-0.15, -0.1) is 0 Å². The third-order valence-electron chi connectivity index (χ3n) is 2.55. The van der Waals surface area contributed by atoms with E-state index < -0.39 is 0 Å². The van der Waals surface area contributed by atoms with Crippen LogP contribution in [-0.2, 0) is 0 Å². The number of amides is 1. The number of nitrogens with two attached hydrogens (primary N) is 1. The Kier molecular flexibility index (Phi) is 3.61. The number of nitrogen functional groups attached to an aromatic ring is 1. The Morgan fingerprint density at radius 3 is 2.68 bits per heavy atom. The first kappa shape index (κ1) is 12.8. The van der Waals surface area contributed by atoms with Crippen molar-refractivity contribution in [3.05, 3.63) is 42.5 Å². The average molecular weight is 257 g/mol. The summed E-state index contributed by atoms with van der Waals surface area (Å²) in [6.07, 6.45) is 4.72. The van der Waals surface area contributed by atoms with Crippen LogP contribution in [0.4, 0.5) is 17.1 Å². The standard InChI is InChI=1S/C13H15N5O/c1-18(2)12-5-6-15-8-11(12)17-13(19)10-4-3-9(14)7-16-10/h3-8H,14H2,1-2H3,(H,17,19). The molecule has 0 aromatic carbocycles. The van der Waals surface area contributed by atoms with E-state index in [4.69, 9.17) is 5.73 Å². The SMILES string of the molecule is CN(C)c1ccncc1NC(=O)c1ccc(N)cn1. The molecule has 2 aromatic heterocycles. The fourth-order valence-corrected chi connectivity index (χ4v) is 1.60. The van der Waals surface area contributed by atoms with Gasteiger partial charge >= 0.3 is 0 Å². The van der Waals surface area contributed by atoms with Crippen LogP contribution >= 0.6 is 0 Å². The zero-order chi connectivity index (χ0) is 13.8. The van der Waals surface area contributed by atoms with E-state index >= 15 is 0 Å². The van der Waals surface area contributed by atoms with Crippen molar-refractivity contribution >= 4 is 23.0 Å².